The minimum atomic E-state index is -4.50. The van der Waals surface area contributed by atoms with Crippen molar-refractivity contribution in [1.82, 2.24) is 9.97 Å². The molecule has 0 bridgehead atoms. The fourth-order valence-corrected chi connectivity index (χ4v) is 2.35. The molecule has 20 heavy (non-hydrogen) atoms. The molecule has 3 N–H and O–H groups in total. The summed E-state index contributed by atoms with van der Waals surface area (Å²) in [6, 6.07) is 0.683. The Kier molecular flexibility index (Phi) is 4.10. The van der Waals surface area contributed by atoms with Crippen LogP contribution in [0.3, 0.4) is 0 Å². The quantitative estimate of drug-likeness (QED) is 0.890. The molecule has 2 rings (SSSR count). The Morgan fingerprint density at radius 1 is 1.40 bits per heavy atom. The molecule has 1 aliphatic carbocycles. The first kappa shape index (κ1) is 14.5. The number of carbonyl (C=O) groups is 1. The molecule has 5 nitrogen and oxygen atoms in total. The van der Waals surface area contributed by atoms with Crippen molar-refractivity contribution in [2.24, 2.45) is 11.7 Å². The third kappa shape index (κ3) is 3.58. The summed E-state index contributed by atoms with van der Waals surface area (Å²) < 4.78 is 37.6. The molecule has 1 aromatic rings. The summed E-state index contributed by atoms with van der Waals surface area (Å²) >= 11 is 0. The summed E-state index contributed by atoms with van der Waals surface area (Å²) in [4.78, 5) is 18.4. The van der Waals surface area contributed by atoms with Gasteiger partial charge in [0.1, 0.15) is 5.69 Å². The lowest BCUT2D eigenvalue weighted by Crippen LogP contribution is -2.34. The Bertz CT molecular complexity index is 492. The number of amides is 1. The predicted molar refractivity (Wildman–Crippen MR) is 65.6 cm³/mol. The van der Waals surface area contributed by atoms with E-state index in [-0.39, 0.29) is 23.8 Å². The van der Waals surface area contributed by atoms with Crippen LogP contribution in [0.15, 0.2) is 12.3 Å². The highest BCUT2D eigenvalue weighted by Gasteiger charge is 2.33. The van der Waals surface area contributed by atoms with Gasteiger partial charge in [-0.25, -0.2) is 9.97 Å². The molecule has 0 aliphatic heterocycles. The molecule has 1 heterocycles. The number of nitrogens with two attached hydrogens (primary N) is 1. The number of rotatable bonds is 3. The summed E-state index contributed by atoms with van der Waals surface area (Å²) in [6.45, 7) is 0. The average Bonchev–Trinajstić information content (AvgIpc) is 2.38. The molecule has 0 unspecified atom stereocenters. The van der Waals surface area contributed by atoms with Gasteiger partial charge >= 0.3 is 6.18 Å². The van der Waals surface area contributed by atoms with Gasteiger partial charge in [-0.15, -0.1) is 0 Å². The van der Waals surface area contributed by atoms with E-state index < -0.39 is 11.9 Å². The summed E-state index contributed by atoms with van der Waals surface area (Å²) in [6.07, 6.45) is -0.673. The van der Waals surface area contributed by atoms with E-state index in [1.165, 1.54) is 0 Å². The van der Waals surface area contributed by atoms with E-state index in [2.05, 4.69) is 15.3 Å². The van der Waals surface area contributed by atoms with Gasteiger partial charge in [0.15, 0.2) is 0 Å². The van der Waals surface area contributed by atoms with Gasteiger partial charge in [0.05, 0.1) is 0 Å². The molecule has 8 heteroatoms. The number of nitrogens with zero attached hydrogens (tertiary/aromatic N) is 2. The summed E-state index contributed by atoms with van der Waals surface area (Å²) in [5, 5.41) is 2.85. The predicted octanol–water partition coefficient (Wildman–Crippen LogP) is 1.95. The zero-order valence-corrected chi connectivity index (χ0v) is 10.7. The van der Waals surface area contributed by atoms with Gasteiger partial charge in [0.2, 0.25) is 11.9 Å². The Labute approximate surface area is 113 Å². The number of nitrogens with one attached hydrogen (secondary N) is 1. The molecule has 0 aromatic carbocycles. The first-order valence-electron chi connectivity index (χ1n) is 6.32. The highest BCUT2D eigenvalue weighted by Crippen LogP contribution is 2.29. The van der Waals surface area contributed by atoms with Crippen molar-refractivity contribution in [1.29, 1.82) is 0 Å². The number of alkyl halides is 3. The number of anilines is 1. The van der Waals surface area contributed by atoms with Crippen molar-refractivity contribution in [3.63, 3.8) is 0 Å². The van der Waals surface area contributed by atoms with E-state index in [4.69, 9.17) is 5.73 Å². The lowest BCUT2D eigenvalue weighted by Gasteiger charge is -2.27. The van der Waals surface area contributed by atoms with Crippen LogP contribution in [0.2, 0.25) is 0 Å². The molecular weight excluding hydrogens is 273 g/mol. The molecule has 1 amide bonds. The largest absolute Gasteiger partial charge is 0.433 e. The van der Waals surface area contributed by atoms with Crippen LogP contribution < -0.4 is 11.1 Å². The molecule has 2 atom stereocenters. The van der Waals surface area contributed by atoms with Crippen LogP contribution in [-0.2, 0) is 11.0 Å². The monoisotopic (exact) mass is 288 g/mol. The number of halogens is 3. The second kappa shape index (κ2) is 5.64. The Morgan fingerprint density at radius 2 is 2.15 bits per heavy atom. The molecule has 1 saturated carbocycles. The highest BCUT2D eigenvalue weighted by molar-refractivity contribution is 5.76. The van der Waals surface area contributed by atoms with Crippen molar-refractivity contribution in [3.8, 4) is 0 Å². The van der Waals surface area contributed by atoms with E-state index in [0.29, 0.717) is 6.42 Å². The third-order valence-corrected chi connectivity index (χ3v) is 3.36. The lowest BCUT2D eigenvalue weighted by molar-refractivity contribution is -0.141. The van der Waals surface area contributed by atoms with Crippen molar-refractivity contribution >= 4 is 11.9 Å². The summed E-state index contributed by atoms with van der Waals surface area (Å²) in [5.41, 5.74) is 4.27. The maximum atomic E-state index is 12.5. The smallest absolute Gasteiger partial charge is 0.369 e. The van der Waals surface area contributed by atoms with E-state index >= 15 is 0 Å². The van der Waals surface area contributed by atoms with Gasteiger partial charge in [0.25, 0.3) is 0 Å². The first-order valence-corrected chi connectivity index (χ1v) is 6.32. The molecular formula is C12H15F3N4O. The number of hydrogen-bond acceptors (Lipinski definition) is 4. The van der Waals surface area contributed by atoms with E-state index in [9.17, 15) is 18.0 Å². The fraction of sp³-hybridized carbons (Fsp3) is 0.583. The maximum Gasteiger partial charge on any atom is 0.433 e. The Morgan fingerprint density at radius 3 is 2.80 bits per heavy atom. The normalized spacial score (nSPS) is 23.4. The average molecular weight is 288 g/mol. The van der Waals surface area contributed by atoms with Gasteiger partial charge in [-0.2, -0.15) is 13.2 Å². The SMILES string of the molecule is NC(=O)[C@@H]1CCC[C@H](Nc2nccc(C(F)(F)F)n2)C1. The number of hydrogen-bond donors (Lipinski definition) is 2. The van der Waals surface area contributed by atoms with Crippen LogP contribution in [0, 0.1) is 5.92 Å². The molecule has 0 spiro atoms. The third-order valence-electron chi connectivity index (χ3n) is 3.36. The Balaban J connectivity index is 2.04. The van der Waals surface area contributed by atoms with Crippen molar-refractivity contribution in [3.05, 3.63) is 18.0 Å². The zero-order valence-electron chi connectivity index (χ0n) is 10.7. The van der Waals surface area contributed by atoms with Crippen LogP contribution in [-0.4, -0.2) is 21.9 Å². The maximum absolute atomic E-state index is 12.5. The van der Waals surface area contributed by atoms with Gasteiger partial charge in [-0.05, 0) is 25.3 Å². The topological polar surface area (TPSA) is 80.9 Å². The molecule has 0 radical (unpaired) electrons. The molecule has 1 aliphatic rings. The van der Waals surface area contributed by atoms with E-state index in [0.717, 1.165) is 31.5 Å². The number of carbonyl (C=O) groups excluding carboxylic acids is 1. The van der Waals surface area contributed by atoms with Gasteiger partial charge < -0.3 is 11.1 Å². The molecule has 1 fully saturated rings. The molecule has 110 valence electrons. The van der Waals surface area contributed by atoms with Crippen molar-refractivity contribution < 1.29 is 18.0 Å². The van der Waals surface area contributed by atoms with Crippen molar-refractivity contribution in [2.75, 3.05) is 5.32 Å². The van der Waals surface area contributed by atoms with Crippen molar-refractivity contribution in [2.45, 2.75) is 37.9 Å². The first-order chi connectivity index (χ1) is 9.36. The second-order valence-corrected chi connectivity index (χ2v) is 4.87. The van der Waals surface area contributed by atoms with Crippen LogP contribution >= 0.6 is 0 Å². The number of primary amides is 1. The minimum absolute atomic E-state index is 0.0741. The number of aromatic nitrogens is 2. The van der Waals surface area contributed by atoms with E-state index in [1.807, 2.05) is 0 Å². The van der Waals surface area contributed by atoms with Crippen LogP contribution in [0.4, 0.5) is 19.1 Å². The summed E-state index contributed by atoms with van der Waals surface area (Å²) in [5.74, 6) is -0.691. The zero-order chi connectivity index (χ0) is 14.8. The van der Waals surface area contributed by atoms with Gasteiger partial charge in [0, 0.05) is 18.2 Å². The van der Waals surface area contributed by atoms with E-state index in [1.54, 1.807) is 0 Å². The standard InChI is InChI=1S/C12H15F3N4O/c13-12(14,15)9-4-5-17-11(19-9)18-8-3-1-2-7(6-8)10(16)20/h4-5,7-8H,1-3,6H2,(H2,16,20)(H,17,18,19)/t7-,8+/m1/s1. The molecule has 1 aromatic heterocycles. The second-order valence-electron chi connectivity index (χ2n) is 4.87. The van der Waals surface area contributed by atoms with Gasteiger partial charge in [-0.1, -0.05) is 6.42 Å². The minimum Gasteiger partial charge on any atom is -0.369 e. The van der Waals surface area contributed by atoms with Gasteiger partial charge in [-0.3, -0.25) is 4.79 Å². The highest BCUT2D eigenvalue weighted by atomic mass is 19.4. The van der Waals surface area contributed by atoms with Crippen LogP contribution in [0.25, 0.3) is 0 Å². The summed E-state index contributed by atoms with van der Waals surface area (Å²) in [7, 11) is 0. The van der Waals surface area contributed by atoms with Crippen LogP contribution in [0.1, 0.15) is 31.4 Å². The Hall–Kier alpha value is -1.86. The fourth-order valence-electron chi connectivity index (χ4n) is 2.35. The van der Waals surface area contributed by atoms with Crippen LogP contribution in [0.5, 0.6) is 0 Å². The molecule has 0 saturated heterocycles. The lowest BCUT2D eigenvalue weighted by atomic mass is 9.85.